The van der Waals surface area contributed by atoms with Crippen LogP contribution in [-0.4, -0.2) is 41.3 Å². The van der Waals surface area contributed by atoms with Crippen molar-refractivity contribution in [1.82, 2.24) is 9.13 Å². The van der Waals surface area contributed by atoms with Gasteiger partial charge in [-0.2, -0.15) is 0 Å². The number of esters is 1. The van der Waals surface area contributed by atoms with Crippen molar-refractivity contribution in [3.63, 3.8) is 0 Å². The summed E-state index contributed by atoms with van der Waals surface area (Å²) in [6.07, 6.45) is 7.78. The first-order valence-corrected chi connectivity index (χ1v) is 11.7. The fourth-order valence-electron chi connectivity index (χ4n) is 4.66. The molecule has 0 unspecified atom stereocenters. The molecule has 2 aliphatic rings. The van der Waals surface area contributed by atoms with Crippen LogP contribution < -0.4 is 16.1 Å². The van der Waals surface area contributed by atoms with Gasteiger partial charge in [0.25, 0.3) is 5.56 Å². The van der Waals surface area contributed by atoms with Gasteiger partial charge in [0, 0.05) is 4.88 Å². The first-order chi connectivity index (χ1) is 14.1. The van der Waals surface area contributed by atoms with Crippen molar-refractivity contribution in [2.24, 2.45) is 0 Å². The molecule has 0 amide bonds. The summed E-state index contributed by atoms with van der Waals surface area (Å²) in [5.41, 5.74) is 0.377. The smallest absolute Gasteiger partial charge is 0.332 e. The molecular formula is C21H30N3O4S+. The Morgan fingerprint density at radius 3 is 2.59 bits per heavy atom. The molecular weight excluding hydrogens is 390 g/mol. The fraction of sp³-hybridized carbons (Fsp3) is 0.667. The second kappa shape index (κ2) is 8.83. The van der Waals surface area contributed by atoms with E-state index in [-0.39, 0.29) is 24.4 Å². The second-order valence-electron chi connectivity index (χ2n) is 8.08. The van der Waals surface area contributed by atoms with Crippen molar-refractivity contribution in [3.8, 4) is 0 Å². The van der Waals surface area contributed by atoms with Gasteiger partial charge in [0.1, 0.15) is 11.4 Å². The standard InChI is InChI=1S/C21H29N3O4S/c1-2-28-17(25)14-24-19(26)18-15-8-4-5-9-16(15)29-20(18)23(21(24)27)13-12-22-10-6-3-7-11-22/h2-14H2,1H3/p+1. The lowest BCUT2D eigenvalue weighted by atomic mass is 9.97. The Bertz CT molecular complexity index is 1010. The Hall–Kier alpha value is -1.93. The first kappa shape index (κ1) is 20.3. The fourth-order valence-corrected chi connectivity index (χ4v) is 6.06. The van der Waals surface area contributed by atoms with E-state index >= 15 is 0 Å². The lowest BCUT2D eigenvalue weighted by Gasteiger charge is -2.24. The van der Waals surface area contributed by atoms with E-state index in [0.29, 0.717) is 11.9 Å². The Morgan fingerprint density at radius 1 is 1.07 bits per heavy atom. The molecule has 4 rings (SSSR count). The maximum atomic E-state index is 13.2. The minimum absolute atomic E-state index is 0.232. The molecule has 1 N–H and O–H groups in total. The minimum Gasteiger partial charge on any atom is -0.465 e. The van der Waals surface area contributed by atoms with Crippen LogP contribution in [0.3, 0.4) is 0 Å². The average molecular weight is 421 g/mol. The highest BCUT2D eigenvalue weighted by atomic mass is 32.1. The lowest BCUT2D eigenvalue weighted by molar-refractivity contribution is -0.905. The zero-order chi connectivity index (χ0) is 20.4. The average Bonchev–Trinajstić information content (AvgIpc) is 3.11. The Labute approximate surface area is 173 Å². The van der Waals surface area contributed by atoms with E-state index in [1.165, 1.54) is 29.0 Å². The highest BCUT2D eigenvalue weighted by molar-refractivity contribution is 7.18. The van der Waals surface area contributed by atoms with Crippen molar-refractivity contribution < 1.29 is 14.4 Å². The second-order valence-corrected chi connectivity index (χ2v) is 9.17. The first-order valence-electron chi connectivity index (χ1n) is 10.9. The molecule has 7 nitrogen and oxygen atoms in total. The summed E-state index contributed by atoms with van der Waals surface area (Å²) in [6.45, 7) is 5.36. The number of carbonyl (C=O) groups excluding carboxylic acids is 1. The van der Waals surface area contributed by atoms with Crippen LogP contribution in [0.1, 0.15) is 49.5 Å². The molecule has 1 saturated heterocycles. The quantitative estimate of drug-likeness (QED) is 0.700. The Morgan fingerprint density at radius 2 is 1.83 bits per heavy atom. The molecule has 2 aromatic heterocycles. The van der Waals surface area contributed by atoms with Gasteiger partial charge in [-0.15, -0.1) is 11.3 Å². The summed E-state index contributed by atoms with van der Waals surface area (Å²) >= 11 is 1.60. The van der Waals surface area contributed by atoms with Crippen LogP contribution in [0.4, 0.5) is 0 Å². The van der Waals surface area contributed by atoms with Gasteiger partial charge >= 0.3 is 11.7 Å². The molecule has 1 aliphatic heterocycles. The van der Waals surface area contributed by atoms with Gasteiger partial charge in [0.05, 0.1) is 38.2 Å². The molecule has 158 valence electrons. The molecule has 0 bridgehead atoms. The SMILES string of the molecule is CCOC(=O)Cn1c(=O)c2c3c(sc2n(CC[NH+]2CCCCC2)c1=O)CCCC3. The summed E-state index contributed by atoms with van der Waals surface area (Å²) in [4.78, 5) is 42.1. The molecule has 0 spiro atoms. The van der Waals surface area contributed by atoms with E-state index in [9.17, 15) is 14.4 Å². The van der Waals surface area contributed by atoms with Crippen LogP contribution in [0.5, 0.6) is 0 Å². The van der Waals surface area contributed by atoms with Crippen molar-refractivity contribution in [2.75, 3.05) is 26.2 Å². The molecule has 3 heterocycles. The maximum absolute atomic E-state index is 13.2. The van der Waals surface area contributed by atoms with Gasteiger partial charge in [-0.3, -0.25) is 14.2 Å². The van der Waals surface area contributed by atoms with E-state index in [0.717, 1.165) is 60.3 Å². The highest BCUT2D eigenvalue weighted by Crippen LogP contribution is 2.34. The van der Waals surface area contributed by atoms with Gasteiger partial charge in [-0.05, 0) is 57.4 Å². The summed E-state index contributed by atoms with van der Waals surface area (Å²) < 4.78 is 7.85. The van der Waals surface area contributed by atoms with Crippen LogP contribution in [0.25, 0.3) is 10.2 Å². The monoisotopic (exact) mass is 420 g/mol. The van der Waals surface area contributed by atoms with E-state index in [4.69, 9.17) is 4.74 Å². The largest absolute Gasteiger partial charge is 0.465 e. The van der Waals surface area contributed by atoms with Crippen LogP contribution in [-0.2, 0) is 35.5 Å². The van der Waals surface area contributed by atoms with Gasteiger partial charge in [-0.1, -0.05) is 0 Å². The number of fused-ring (bicyclic) bond motifs is 3. The van der Waals surface area contributed by atoms with E-state index in [2.05, 4.69) is 0 Å². The lowest BCUT2D eigenvalue weighted by Crippen LogP contribution is -3.13. The number of carbonyl (C=O) groups is 1. The molecule has 29 heavy (non-hydrogen) atoms. The number of thiophene rings is 1. The number of nitrogens with one attached hydrogen (secondary N) is 1. The third-order valence-corrected chi connectivity index (χ3v) is 7.48. The minimum atomic E-state index is -0.539. The summed E-state index contributed by atoms with van der Waals surface area (Å²) in [5, 5.41) is 0.655. The molecule has 0 saturated carbocycles. The maximum Gasteiger partial charge on any atom is 0.332 e. The molecule has 1 fully saturated rings. The highest BCUT2D eigenvalue weighted by Gasteiger charge is 2.25. The van der Waals surface area contributed by atoms with E-state index < -0.39 is 5.97 Å². The van der Waals surface area contributed by atoms with E-state index in [1.807, 2.05) is 0 Å². The van der Waals surface area contributed by atoms with Crippen molar-refractivity contribution >= 4 is 27.5 Å². The van der Waals surface area contributed by atoms with Crippen LogP contribution in [0.15, 0.2) is 9.59 Å². The third kappa shape index (κ3) is 4.05. The van der Waals surface area contributed by atoms with Gasteiger partial charge < -0.3 is 9.64 Å². The van der Waals surface area contributed by atoms with Crippen molar-refractivity contribution in [2.45, 2.75) is 65.0 Å². The molecule has 8 heteroatoms. The van der Waals surface area contributed by atoms with Gasteiger partial charge in [-0.25, -0.2) is 9.36 Å². The molecule has 0 radical (unpaired) electrons. The number of nitrogens with zero attached hydrogens (tertiary/aromatic N) is 2. The number of aryl methyl sites for hydroxylation is 2. The number of piperidine rings is 1. The number of rotatable bonds is 6. The Kier molecular flexibility index (Phi) is 6.20. The topological polar surface area (TPSA) is 74.7 Å². The summed E-state index contributed by atoms with van der Waals surface area (Å²) in [6, 6.07) is 0. The van der Waals surface area contributed by atoms with Crippen LogP contribution in [0, 0.1) is 0 Å². The van der Waals surface area contributed by atoms with Gasteiger partial charge in [0.2, 0.25) is 0 Å². The number of quaternary nitrogens is 1. The zero-order valence-electron chi connectivity index (χ0n) is 17.1. The molecule has 0 atom stereocenters. The predicted molar refractivity (Wildman–Crippen MR) is 113 cm³/mol. The zero-order valence-corrected chi connectivity index (χ0v) is 17.9. The van der Waals surface area contributed by atoms with Crippen molar-refractivity contribution in [1.29, 1.82) is 0 Å². The number of ether oxygens (including phenoxy) is 1. The Balaban J connectivity index is 1.78. The van der Waals surface area contributed by atoms with E-state index in [1.54, 1.807) is 22.8 Å². The van der Waals surface area contributed by atoms with Crippen LogP contribution in [0.2, 0.25) is 0 Å². The number of hydrogen-bond donors (Lipinski definition) is 1. The molecule has 0 aromatic carbocycles. The normalized spacial score (nSPS) is 17.4. The summed E-state index contributed by atoms with van der Waals surface area (Å²) in [7, 11) is 0. The predicted octanol–water partition coefficient (Wildman–Crippen LogP) is 0.735. The van der Waals surface area contributed by atoms with Crippen LogP contribution >= 0.6 is 11.3 Å². The summed E-state index contributed by atoms with van der Waals surface area (Å²) in [5.74, 6) is -0.539. The number of aromatic nitrogens is 2. The molecule has 2 aromatic rings. The third-order valence-electron chi connectivity index (χ3n) is 6.16. The molecule has 1 aliphatic carbocycles. The number of likely N-dealkylation sites (tertiary alicyclic amines) is 1. The van der Waals surface area contributed by atoms with Crippen molar-refractivity contribution in [3.05, 3.63) is 31.3 Å². The number of hydrogen-bond acceptors (Lipinski definition) is 5. The van der Waals surface area contributed by atoms with Gasteiger partial charge in [0.15, 0.2) is 0 Å².